The summed E-state index contributed by atoms with van der Waals surface area (Å²) in [6, 6.07) is 13.9. The first-order valence-corrected chi connectivity index (χ1v) is 9.18. The Morgan fingerprint density at radius 2 is 1.88 bits per heavy atom. The molecule has 0 bridgehead atoms. The van der Waals surface area contributed by atoms with Crippen LogP contribution in [0.25, 0.3) is 0 Å². The molecule has 0 radical (unpaired) electrons. The zero-order valence-electron chi connectivity index (χ0n) is 15.0. The number of fused-ring (bicyclic) bond motifs is 1. The van der Waals surface area contributed by atoms with Gasteiger partial charge in [-0.15, -0.1) is 0 Å². The fourth-order valence-electron chi connectivity index (χ4n) is 3.95. The van der Waals surface area contributed by atoms with Crippen molar-refractivity contribution in [2.24, 2.45) is 0 Å². The molecule has 2 aromatic rings. The van der Waals surface area contributed by atoms with Crippen LogP contribution in [0, 0.1) is 10.1 Å². The second kappa shape index (κ2) is 6.96. The highest BCUT2D eigenvalue weighted by atomic mass is 16.6. The highest BCUT2D eigenvalue weighted by Gasteiger charge is 2.25. The van der Waals surface area contributed by atoms with Crippen molar-refractivity contribution in [3.8, 4) is 0 Å². The average Bonchev–Trinajstić information content (AvgIpc) is 3.05. The Morgan fingerprint density at radius 3 is 2.65 bits per heavy atom. The van der Waals surface area contributed by atoms with E-state index in [2.05, 4.69) is 40.4 Å². The van der Waals surface area contributed by atoms with E-state index in [0.717, 1.165) is 44.7 Å². The fraction of sp³-hybridized carbons (Fsp3) is 0.400. The molecule has 0 saturated carbocycles. The van der Waals surface area contributed by atoms with Crippen molar-refractivity contribution in [1.29, 1.82) is 0 Å². The second-order valence-corrected chi connectivity index (χ2v) is 7.18. The summed E-state index contributed by atoms with van der Waals surface area (Å²) >= 11 is 0. The molecule has 6 heteroatoms. The van der Waals surface area contributed by atoms with Crippen LogP contribution in [0.2, 0.25) is 0 Å². The minimum atomic E-state index is -0.295. The number of anilines is 2. The van der Waals surface area contributed by atoms with Crippen molar-refractivity contribution in [3.63, 3.8) is 0 Å². The molecule has 4 rings (SSSR count). The summed E-state index contributed by atoms with van der Waals surface area (Å²) < 4.78 is 0. The van der Waals surface area contributed by atoms with Gasteiger partial charge in [-0.05, 0) is 43.1 Å². The van der Waals surface area contributed by atoms with Crippen LogP contribution >= 0.6 is 0 Å². The van der Waals surface area contributed by atoms with Crippen molar-refractivity contribution in [3.05, 3.63) is 63.7 Å². The molecule has 1 heterocycles. The normalized spacial score (nSPS) is 20.0. The predicted octanol–water partition coefficient (Wildman–Crippen LogP) is 3.45. The number of benzene rings is 2. The quantitative estimate of drug-likeness (QED) is 0.675. The molecule has 1 aliphatic heterocycles. The third-order valence-corrected chi connectivity index (χ3v) is 5.51. The van der Waals surface area contributed by atoms with Gasteiger partial charge in [-0.1, -0.05) is 24.3 Å². The number of aryl methyl sites for hydroxylation is 1. The van der Waals surface area contributed by atoms with E-state index in [0.29, 0.717) is 5.69 Å². The van der Waals surface area contributed by atoms with Crippen LogP contribution in [-0.2, 0) is 6.42 Å². The number of nitrogens with zero attached hydrogens (tertiary/aromatic N) is 3. The molecular formula is C20H24N4O2. The summed E-state index contributed by atoms with van der Waals surface area (Å²) in [5.74, 6) is 0. The van der Waals surface area contributed by atoms with Crippen LogP contribution in [0.3, 0.4) is 0 Å². The number of nitro benzene ring substituents is 1. The van der Waals surface area contributed by atoms with E-state index in [1.54, 1.807) is 6.07 Å². The lowest BCUT2D eigenvalue weighted by Gasteiger charge is -2.34. The Balaban J connectivity index is 1.61. The van der Waals surface area contributed by atoms with Crippen LogP contribution in [-0.4, -0.2) is 43.0 Å². The fourth-order valence-corrected chi connectivity index (χ4v) is 3.95. The number of hydrogen-bond acceptors (Lipinski definition) is 5. The Bertz CT molecular complexity index is 815. The molecule has 2 aliphatic rings. The highest BCUT2D eigenvalue weighted by molar-refractivity contribution is 5.70. The van der Waals surface area contributed by atoms with Crippen LogP contribution in [0.15, 0.2) is 42.5 Å². The molecule has 0 spiro atoms. The molecular weight excluding hydrogens is 328 g/mol. The van der Waals surface area contributed by atoms with Gasteiger partial charge in [0.15, 0.2) is 0 Å². The van der Waals surface area contributed by atoms with Gasteiger partial charge < -0.3 is 15.1 Å². The molecule has 1 atom stereocenters. The first-order chi connectivity index (χ1) is 12.6. The van der Waals surface area contributed by atoms with Crippen molar-refractivity contribution in [2.45, 2.75) is 18.9 Å². The molecule has 0 aromatic heterocycles. The highest BCUT2D eigenvalue weighted by Crippen LogP contribution is 2.37. The standard InChI is InChI=1S/C20H24N4O2/c1-22-10-12-23(13-11-22)16-7-9-20(24(25)26)19(14-16)21-18-8-6-15-4-2-3-5-17(15)18/h2-5,7,9,14,18,21H,6,8,10-13H2,1H3. The maximum Gasteiger partial charge on any atom is 0.292 e. The minimum absolute atomic E-state index is 0.132. The number of piperazine rings is 1. The van der Waals surface area contributed by atoms with Crippen LogP contribution < -0.4 is 10.2 Å². The largest absolute Gasteiger partial charge is 0.373 e. The van der Waals surface area contributed by atoms with Crippen molar-refractivity contribution >= 4 is 17.1 Å². The zero-order chi connectivity index (χ0) is 18.1. The number of nitro groups is 1. The third-order valence-electron chi connectivity index (χ3n) is 5.51. The minimum Gasteiger partial charge on any atom is -0.373 e. The monoisotopic (exact) mass is 352 g/mol. The molecule has 1 aliphatic carbocycles. The number of rotatable bonds is 4. The van der Waals surface area contributed by atoms with Gasteiger partial charge in [0.2, 0.25) is 0 Å². The molecule has 1 saturated heterocycles. The van der Waals surface area contributed by atoms with Gasteiger partial charge in [-0.25, -0.2) is 0 Å². The Labute approximate surface area is 153 Å². The summed E-state index contributed by atoms with van der Waals surface area (Å²) in [4.78, 5) is 15.8. The first kappa shape index (κ1) is 16.8. The molecule has 1 unspecified atom stereocenters. The molecule has 26 heavy (non-hydrogen) atoms. The second-order valence-electron chi connectivity index (χ2n) is 7.18. The average molecular weight is 352 g/mol. The summed E-state index contributed by atoms with van der Waals surface area (Å²) in [6.45, 7) is 3.91. The van der Waals surface area contributed by atoms with E-state index in [1.807, 2.05) is 18.2 Å². The van der Waals surface area contributed by atoms with E-state index < -0.39 is 0 Å². The third kappa shape index (κ3) is 3.24. The lowest BCUT2D eigenvalue weighted by atomic mass is 10.1. The van der Waals surface area contributed by atoms with Gasteiger partial charge in [-0.2, -0.15) is 0 Å². The van der Waals surface area contributed by atoms with E-state index in [-0.39, 0.29) is 16.7 Å². The van der Waals surface area contributed by atoms with Crippen LogP contribution in [0.1, 0.15) is 23.6 Å². The summed E-state index contributed by atoms with van der Waals surface area (Å²) in [5, 5.41) is 15.0. The van der Waals surface area contributed by atoms with Gasteiger partial charge in [0, 0.05) is 37.9 Å². The number of likely N-dealkylation sites (N-methyl/N-ethyl adjacent to an activating group) is 1. The molecule has 2 aromatic carbocycles. The molecule has 136 valence electrons. The van der Waals surface area contributed by atoms with Crippen LogP contribution in [0.4, 0.5) is 17.1 Å². The molecule has 1 N–H and O–H groups in total. The van der Waals surface area contributed by atoms with Gasteiger partial charge in [0.25, 0.3) is 5.69 Å². The summed E-state index contributed by atoms with van der Waals surface area (Å²) in [5.41, 5.74) is 4.41. The maximum atomic E-state index is 11.5. The molecule has 1 fully saturated rings. The SMILES string of the molecule is CN1CCN(c2ccc([N+](=O)[O-])c(NC3CCc4ccccc43)c2)CC1. The van der Waals surface area contributed by atoms with E-state index in [1.165, 1.54) is 11.1 Å². The Morgan fingerprint density at radius 1 is 1.12 bits per heavy atom. The number of hydrogen-bond donors (Lipinski definition) is 1. The molecule has 6 nitrogen and oxygen atoms in total. The summed E-state index contributed by atoms with van der Waals surface area (Å²) in [6.07, 6.45) is 1.98. The van der Waals surface area contributed by atoms with E-state index in [9.17, 15) is 10.1 Å². The van der Waals surface area contributed by atoms with E-state index >= 15 is 0 Å². The predicted molar refractivity (Wildman–Crippen MR) is 104 cm³/mol. The lowest BCUT2D eigenvalue weighted by Crippen LogP contribution is -2.44. The zero-order valence-corrected chi connectivity index (χ0v) is 15.0. The van der Waals surface area contributed by atoms with E-state index in [4.69, 9.17) is 0 Å². The van der Waals surface area contributed by atoms with Crippen LogP contribution in [0.5, 0.6) is 0 Å². The summed E-state index contributed by atoms with van der Waals surface area (Å²) in [7, 11) is 2.12. The maximum absolute atomic E-state index is 11.5. The smallest absolute Gasteiger partial charge is 0.292 e. The van der Waals surface area contributed by atoms with Gasteiger partial charge >= 0.3 is 0 Å². The van der Waals surface area contributed by atoms with Crippen molar-refractivity contribution < 1.29 is 4.92 Å². The lowest BCUT2D eigenvalue weighted by molar-refractivity contribution is -0.384. The van der Waals surface area contributed by atoms with Crippen molar-refractivity contribution in [1.82, 2.24) is 4.90 Å². The van der Waals surface area contributed by atoms with Gasteiger partial charge in [0.05, 0.1) is 11.0 Å². The topological polar surface area (TPSA) is 61.7 Å². The number of nitrogens with one attached hydrogen (secondary N) is 1. The van der Waals surface area contributed by atoms with Gasteiger partial charge in [0.1, 0.15) is 5.69 Å². The Hall–Kier alpha value is -2.60. The van der Waals surface area contributed by atoms with Gasteiger partial charge in [-0.3, -0.25) is 10.1 Å². The molecule has 0 amide bonds. The van der Waals surface area contributed by atoms with Crippen molar-refractivity contribution in [2.75, 3.05) is 43.4 Å². The first-order valence-electron chi connectivity index (χ1n) is 9.18. The Kier molecular flexibility index (Phi) is 4.51.